The molecule has 1 aromatic heterocycles. The minimum absolute atomic E-state index is 0.0471. The summed E-state index contributed by atoms with van der Waals surface area (Å²) >= 11 is 6.00. The second-order valence-corrected chi connectivity index (χ2v) is 7.45. The lowest BCUT2D eigenvalue weighted by atomic mass is 10.0. The highest BCUT2D eigenvalue weighted by Gasteiger charge is 2.25. The third-order valence-electron chi connectivity index (χ3n) is 4.27. The SMILES string of the molecule is Cc1cnn(CCCNC(=O)C(NC(=O)c2ccc([N+](=O)[O-])cc2Cl)C(C)C)c1. The third kappa shape index (κ3) is 6.28. The van der Waals surface area contributed by atoms with E-state index in [-0.39, 0.29) is 28.1 Å². The summed E-state index contributed by atoms with van der Waals surface area (Å²) in [6.07, 6.45) is 4.39. The van der Waals surface area contributed by atoms with Gasteiger partial charge in [-0.1, -0.05) is 25.4 Å². The number of nitro groups is 1. The predicted molar refractivity (Wildman–Crippen MR) is 109 cm³/mol. The van der Waals surface area contributed by atoms with Crippen LogP contribution in [-0.4, -0.2) is 39.1 Å². The number of halogens is 1. The van der Waals surface area contributed by atoms with Crippen molar-refractivity contribution in [2.75, 3.05) is 6.54 Å². The molecular weight excluding hydrogens is 398 g/mol. The minimum atomic E-state index is -0.763. The van der Waals surface area contributed by atoms with Crippen molar-refractivity contribution in [2.24, 2.45) is 5.92 Å². The molecule has 1 heterocycles. The number of rotatable bonds is 9. The molecule has 0 aliphatic heterocycles. The lowest BCUT2D eigenvalue weighted by molar-refractivity contribution is -0.384. The van der Waals surface area contributed by atoms with E-state index in [1.165, 1.54) is 12.1 Å². The Morgan fingerprint density at radius 3 is 2.62 bits per heavy atom. The molecule has 0 bridgehead atoms. The summed E-state index contributed by atoms with van der Waals surface area (Å²) in [5.74, 6) is -1.03. The van der Waals surface area contributed by atoms with Crippen LogP contribution < -0.4 is 10.6 Å². The molecule has 2 N–H and O–H groups in total. The van der Waals surface area contributed by atoms with Crippen LogP contribution in [0, 0.1) is 23.0 Å². The average Bonchev–Trinajstić information content (AvgIpc) is 3.07. The number of aromatic nitrogens is 2. The fourth-order valence-electron chi connectivity index (χ4n) is 2.71. The number of amides is 2. The molecule has 0 aliphatic carbocycles. The number of carbonyl (C=O) groups is 2. The maximum Gasteiger partial charge on any atom is 0.270 e. The second-order valence-electron chi connectivity index (χ2n) is 7.04. The van der Waals surface area contributed by atoms with Gasteiger partial charge in [-0.05, 0) is 30.9 Å². The molecule has 10 heteroatoms. The number of carbonyl (C=O) groups excluding carboxylic acids is 2. The maximum atomic E-state index is 12.5. The van der Waals surface area contributed by atoms with E-state index in [9.17, 15) is 19.7 Å². The van der Waals surface area contributed by atoms with Gasteiger partial charge in [0.25, 0.3) is 11.6 Å². The Bertz CT molecular complexity index is 896. The molecular formula is C19H24ClN5O4. The monoisotopic (exact) mass is 421 g/mol. The van der Waals surface area contributed by atoms with E-state index in [1.807, 2.05) is 27.0 Å². The Hall–Kier alpha value is -2.94. The molecule has 0 radical (unpaired) electrons. The van der Waals surface area contributed by atoms with E-state index in [4.69, 9.17) is 11.6 Å². The summed E-state index contributed by atoms with van der Waals surface area (Å²) in [5.41, 5.74) is 0.934. The zero-order valence-electron chi connectivity index (χ0n) is 16.5. The predicted octanol–water partition coefficient (Wildman–Crippen LogP) is 2.71. The molecule has 29 heavy (non-hydrogen) atoms. The van der Waals surface area contributed by atoms with Crippen LogP contribution in [0.4, 0.5) is 5.69 Å². The molecule has 1 aromatic carbocycles. The van der Waals surface area contributed by atoms with Gasteiger partial charge in [-0.15, -0.1) is 0 Å². The Morgan fingerprint density at radius 1 is 1.34 bits per heavy atom. The molecule has 0 spiro atoms. The van der Waals surface area contributed by atoms with Crippen LogP contribution in [0.25, 0.3) is 0 Å². The van der Waals surface area contributed by atoms with E-state index in [2.05, 4.69) is 15.7 Å². The van der Waals surface area contributed by atoms with Gasteiger partial charge in [0.1, 0.15) is 6.04 Å². The first-order valence-corrected chi connectivity index (χ1v) is 9.58. The van der Waals surface area contributed by atoms with Gasteiger partial charge in [0.05, 0.1) is 21.7 Å². The fourth-order valence-corrected chi connectivity index (χ4v) is 2.97. The molecule has 156 valence electrons. The van der Waals surface area contributed by atoms with Crippen LogP contribution in [0.1, 0.15) is 36.2 Å². The van der Waals surface area contributed by atoms with E-state index >= 15 is 0 Å². The zero-order chi connectivity index (χ0) is 21.6. The lowest BCUT2D eigenvalue weighted by Gasteiger charge is -2.22. The Balaban J connectivity index is 1.93. The first-order chi connectivity index (χ1) is 13.7. The van der Waals surface area contributed by atoms with E-state index in [1.54, 1.807) is 10.9 Å². The van der Waals surface area contributed by atoms with Crippen molar-refractivity contribution in [3.63, 3.8) is 0 Å². The van der Waals surface area contributed by atoms with Crippen molar-refractivity contribution in [1.29, 1.82) is 0 Å². The first kappa shape index (κ1) is 22.4. The summed E-state index contributed by atoms with van der Waals surface area (Å²) in [6.45, 7) is 6.70. The lowest BCUT2D eigenvalue weighted by Crippen LogP contribution is -2.50. The molecule has 0 saturated carbocycles. The maximum absolute atomic E-state index is 12.5. The van der Waals surface area contributed by atoms with Gasteiger partial charge in [0, 0.05) is 31.4 Å². The molecule has 9 nitrogen and oxygen atoms in total. The van der Waals surface area contributed by atoms with Crippen molar-refractivity contribution in [2.45, 2.75) is 39.8 Å². The summed E-state index contributed by atoms with van der Waals surface area (Å²) < 4.78 is 1.81. The van der Waals surface area contributed by atoms with Crippen molar-refractivity contribution in [3.05, 3.63) is 56.9 Å². The van der Waals surface area contributed by atoms with Crippen LogP contribution in [0.2, 0.25) is 5.02 Å². The van der Waals surface area contributed by atoms with E-state index in [0.29, 0.717) is 19.5 Å². The highest BCUT2D eigenvalue weighted by molar-refractivity contribution is 6.34. The van der Waals surface area contributed by atoms with E-state index < -0.39 is 16.9 Å². The number of non-ortho nitro benzene ring substituents is 1. The number of hydrogen-bond acceptors (Lipinski definition) is 5. The van der Waals surface area contributed by atoms with Crippen LogP contribution in [0.5, 0.6) is 0 Å². The van der Waals surface area contributed by atoms with Gasteiger partial charge < -0.3 is 10.6 Å². The number of hydrogen-bond donors (Lipinski definition) is 2. The summed E-state index contributed by atoms with van der Waals surface area (Å²) in [6, 6.07) is 2.82. The first-order valence-electron chi connectivity index (χ1n) is 9.20. The topological polar surface area (TPSA) is 119 Å². The van der Waals surface area contributed by atoms with Gasteiger partial charge in [-0.25, -0.2) is 0 Å². The van der Waals surface area contributed by atoms with Crippen molar-refractivity contribution >= 4 is 29.1 Å². The summed E-state index contributed by atoms with van der Waals surface area (Å²) in [4.78, 5) is 35.3. The van der Waals surface area contributed by atoms with Crippen molar-refractivity contribution < 1.29 is 14.5 Å². The Kier molecular flexibility index (Phi) is 7.72. The molecule has 1 atom stereocenters. The van der Waals surface area contributed by atoms with Gasteiger partial charge in [0.2, 0.25) is 5.91 Å². The molecule has 0 saturated heterocycles. The molecule has 1 unspecified atom stereocenters. The number of aryl methyl sites for hydroxylation is 2. The van der Waals surface area contributed by atoms with E-state index in [0.717, 1.165) is 11.6 Å². The normalized spacial score (nSPS) is 11.9. The quantitative estimate of drug-likeness (QED) is 0.366. The van der Waals surface area contributed by atoms with Crippen LogP contribution in [-0.2, 0) is 11.3 Å². The molecule has 0 fully saturated rings. The second kappa shape index (κ2) is 10.0. The number of benzene rings is 1. The molecule has 2 amide bonds. The number of nitrogens with zero attached hydrogens (tertiary/aromatic N) is 3. The van der Waals surface area contributed by atoms with Crippen molar-refractivity contribution in [3.8, 4) is 0 Å². The zero-order valence-corrected chi connectivity index (χ0v) is 17.3. The highest BCUT2D eigenvalue weighted by Crippen LogP contribution is 2.22. The summed E-state index contributed by atoms with van der Waals surface area (Å²) in [5, 5.41) is 20.4. The van der Waals surface area contributed by atoms with Crippen LogP contribution in [0.15, 0.2) is 30.6 Å². The largest absolute Gasteiger partial charge is 0.354 e. The van der Waals surface area contributed by atoms with Crippen LogP contribution >= 0.6 is 11.6 Å². The summed E-state index contributed by atoms with van der Waals surface area (Å²) in [7, 11) is 0. The molecule has 2 aromatic rings. The third-order valence-corrected chi connectivity index (χ3v) is 4.58. The Morgan fingerprint density at radius 2 is 2.07 bits per heavy atom. The number of nitrogens with one attached hydrogen (secondary N) is 2. The highest BCUT2D eigenvalue weighted by atomic mass is 35.5. The van der Waals surface area contributed by atoms with Gasteiger partial charge >= 0.3 is 0 Å². The van der Waals surface area contributed by atoms with Gasteiger partial charge in [-0.3, -0.25) is 24.4 Å². The Labute approximate surface area is 173 Å². The average molecular weight is 422 g/mol. The number of nitro benzene ring substituents is 1. The van der Waals surface area contributed by atoms with Crippen LogP contribution in [0.3, 0.4) is 0 Å². The van der Waals surface area contributed by atoms with Gasteiger partial charge in [0.15, 0.2) is 0 Å². The van der Waals surface area contributed by atoms with Gasteiger partial charge in [-0.2, -0.15) is 5.10 Å². The molecule has 2 rings (SSSR count). The minimum Gasteiger partial charge on any atom is -0.354 e. The molecule has 0 aliphatic rings. The van der Waals surface area contributed by atoms with Crippen molar-refractivity contribution in [1.82, 2.24) is 20.4 Å². The fraction of sp³-hybridized carbons (Fsp3) is 0.421. The standard InChI is InChI=1S/C19H24ClN5O4/c1-12(2)17(19(27)21-7-4-8-24-11-13(3)10-22-24)23-18(26)15-6-5-14(25(28)29)9-16(15)20/h5-6,9-12,17H,4,7-8H2,1-3H3,(H,21,27)(H,23,26). The smallest absolute Gasteiger partial charge is 0.270 e.